The molecule has 0 saturated carbocycles. The van der Waals surface area contributed by atoms with Crippen LogP contribution >= 0.6 is 11.6 Å². The van der Waals surface area contributed by atoms with Crippen molar-refractivity contribution in [2.24, 2.45) is 5.92 Å². The Hall–Kier alpha value is -1.95. The lowest BCUT2D eigenvalue weighted by molar-refractivity contribution is -0.149. The van der Waals surface area contributed by atoms with Crippen molar-refractivity contribution < 1.29 is 19.1 Å². The molecule has 0 aliphatic carbocycles. The Morgan fingerprint density at radius 1 is 1.35 bits per heavy atom. The van der Waals surface area contributed by atoms with Crippen molar-refractivity contribution in [1.29, 1.82) is 0 Å². The Kier molecular flexibility index (Phi) is 6.10. The summed E-state index contributed by atoms with van der Waals surface area (Å²) in [4.78, 5) is 25.7. The summed E-state index contributed by atoms with van der Waals surface area (Å²) in [5.41, 5.74) is 0.525. The maximum absolute atomic E-state index is 12.3. The third-order valence-corrected chi connectivity index (χ3v) is 4.04. The van der Waals surface area contributed by atoms with Gasteiger partial charge in [-0.05, 0) is 38.0 Å². The molecule has 1 heterocycles. The topological polar surface area (TPSA) is 67.9 Å². The summed E-state index contributed by atoms with van der Waals surface area (Å²) in [6, 6.07) is 4.81. The zero-order valence-corrected chi connectivity index (χ0v) is 14.1. The number of amides is 2. The number of carbonyl (C=O) groups excluding carboxylic acids is 2. The van der Waals surface area contributed by atoms with Crippen molar-refractivity contribution in [3.05, 3.63) is 23.2 Å². The van der Waals surface area contributed by atoms with Gasteiger partial charge in [0, 0.05) is 18.1 Å². The lowest BCUT2D eigenvalue weighted by atomic mass is 9.97. The van der Waals surface area contributed by atoms with Crippen LogP contribution in [0.4, 0.5) is 10.5 Å². The molecule has 0 spiro atoms. The standard InChI is InChI=1S/C16H21ClN2O4/c1-3-23-15(20)11-6-8-19(9-7-11)16(21)18-13-10-12(17)4-5-14(13)22-2/h4-5,10-11H,3,6-9H2,1-2H3,(H,18,21). The van der Waals surface area contributed by atoms with Crippen LogP contribution in [-0.4, -0.2) is 43.7 Å². The molecule has 1 N–H and O–H groups in total. The Morgan fingerprint density at radius 2 is 2.04 bits per heavy atom. The van der Waals surface area contributed by atoms with Crippen LogP contribution in [0.5, 0.6) is 5.75 Å². The molecule has 1 fully saturated rings. The third-order valence-electron chi connectivity index (χ3n) is 3.81. The number of anilines is 1. The van der Waals surface area contributed by atoms with Crippen molar-refractivity contribution in [2.75, 3.05) is 32.1 Å². The molecule has 1 aromatic rings. The summed E-state index contributed by atoms with van der Waals surface area (Å²) in [5.74, 6) is 0.243. The Bertz CT molecular complexity index is 571. The number of rotatable bonds is 4. The summed E-state index contributed by atoms with van der Waals surface area (Å²) in [6.45, 7) is 3.20. The average Bonchev–Trinajstić information content (AvgIpc) is 2.55. The number of methoxy groups -OCH3 is 1. The number of benzene rings is 1. The first-order valence-corrected chi connectivity index (χ1v) is 7.99. The number of hydrogen-bond donors (Lipinski definition) is 1. The summed E-state index contributed by atoms with van der Waals surface area (Å²) < 4.78 is 10.2. The molecule has 1 saturated heterocycles. The number of piperidine rings is 1. The molecule has 1 aliphatic heterocycles. The Morgan fingerprint density at radius 3 is 2.65 bits per heavy atom. The molecule has 0 bridgehead atoms. The second kappa shape index (κ2) is 8.06. The van der Waals surface area contributed by atoms with Gasteiger partial charge in [-0.15, -0.1) is 0 Å². The Labute approximate surface area is 140 Å². The van der Waals surface area contributed by atoms with E-state index >= 15 is 0 Å². The second-order valence-electron chi connectivity index (χ2n) is 5.29. The molecule has 7 heteroatoms. The van der Waals surface area contributed by atoms with Gasteiger partial charge in [0.1, 0.15) is 5.75 Å². The number of halogens is 1. The highest BCUT2D eigenvalue weighted by Crippen LogP contribution is 2.28. The molecule has 2 amide bonds. The fraction of sp³-hybridized carbons (Fsp3) is 0.500. The number of urea groups is 1. The number of carbonyl (C=O) groups is 2. The number of nitrogens with zero attached hydrogens (tertiary/aromatic N) is 1. The van der Waals surface area contributed by atoms with Crippen LogP contribution in [0.15, 0.2) is 18.2 Å². The van der Waals surface area contributed by atoms with Crippen molar-refractivity contribution in [1.82, 2.24) is 4.90 Å². The maximum atomic E-state index is 12.3. The molecule has 2 rings (SSSR count). The monoisotopic (exact) mass is 340 g/mol. The highest BCUT2D eigenvalue weighted by Gasteiger charge is 2.28. The maximum Gasteiger partial charge on any atom is 0.321 e. The minimum Gasteiger partial charge on any atom is -0.495 e. The van der Waals surface area contributed by atoms with E-state index in [-0.39, 0.29) is 17.9 Å². The SMILES string of the molecule is CCOC(=O)C1CCN(C(=O)Nc2cc(Cl)ccc2OC)CC1. The quantitative estimate of drug-likeness (QED) is 0.855. The number of esters is 1. The summed E-state index contributed by atoms with van der Waals surface area (Å²) in [7, 11) is 1.53. The normalized spacial score (nSPS) is 15.2. The van der Waals surface area contributed by atoms with E-state index in [0.717, 1.165) is 0 Å². The smallest absolute Gasteiger partial charge is 0.321 e. The first-order valence-electron chi connectivity index (χ1n) is 7.61. The highest BCUT2D eigenvalue weighted by molar-refractivity contribution is 6.31. The van der Waals surface area contributed by atoms with Gasteiger partial charge in [-0.25, -0.2) is 4.79 Å². The van der Waals surface area contributed by atoms with Crippen molar-refractivity contribution >= 4 is 29.3 Å². The van der Waals surface area contributed by atoms with Crippen LogP contribution in [0, 0.1) is 5.92 Å². The van der Waals surface area contributed by atoms with E-state index in [1.165, 1.54) is 7.11 Å². The van der Waals surface area contributed by atoms with E-state index in [1.54, 1.807) is 30.0 Å². The number of likely N-dealkylation sites (tertiary alicyclic amines) is 1. The molecule has 0 aromatic heterocycles. The van der Waals surface area contributed by atoms with Gasteiger partial charge < -0.3 is 19.7 Å². The second-order valence-corrected chi connectivity index (χ2v) is 5.72. The zero-order valence-electron chi connectivity index (χ0n) is 13.3. The van der Waals surface area contributed by atoms with Gasteiger partial charge in [0.25, 0.3) is 0 Å². The summed E-state index contributed by atoms with van der Waals surface area (Å²) in [5, 5.41) is 3.32. The minimum atomic E-state index is -0.229. The van der Waals surface area contributed by atoms with Gasteiger partial charge in [0.05, 0.1) is 25.3 Å². The van der Waals surface area contributed by atoms with Gasteiger partial charge in [-0.2, -0.15) is 0 Å². The van der Waals surface area contributed by atoms with Crippen LogP contribution in [-0.2, 0) is 9.53 Å². The van der Waals surface area contributed by atoms with Crippen molar-refractivity contribution in [3.8, 4) is 5.75 Å². The van der Waals surface area contributed by atoms with Crippen LogP contribution < -0.4 is 10.1 Å². The van der Waals surface area contributed by atoms with E-state index in [9.17, 15) is 9.59 Å². The van der Waals surface area contributed by atoms with Crippen LogP contribution in [0.25, 0.3) is 0 Å². The fourth-order valence-corrected chi connectivity index (χ4v) is 2.72. The number of hydrogen-bond acceptors (Lipinski definition) is 4. The lowest BCUT2D eigenvalue weighted by Crippen LogP contribution is -2.42. The fourth-order valence-electron chi connectivity index (χ4n) is 2.55. The van der Waals surface area contributed by atoms with E-state index in [4.69, 9.17) is 21.1 Å². The first kappa shape index (κ1) is 17.4. The minimum absolute atomic E-state index is 0.125. The molecule has 1 aliphatic rings. The molecule has 23 heavy (non-hydrogen) atoms. The van der Waals surface area contributed by atoms with E-state index in [1.807, 2.05) is 0 Å². The van der Waals surface area contributed by atoms with Crippen LogP contribution in [0.3, 0.4) is 0 Å². The largest absolute Gasteiger partial charge is 0.495 e. The van der Waals surface area contributed by atoms with Crippen LogP contribution in [0.2, 0.25) is 5.02 Å². The van der Waals surface area contributed by atoms with E-state index in [2.05, 4.69) is 5.32 Å². The van der Waals surface area contributed by atoms with Crippen LogP contribution in [0.1, 0.15) is 19.8 Å². The predicted molar refractivity (Wildman–Crippen MR) is 88.0 cm³/mol. The molecule has 6 nitrogen and oxygen atoms in total. The van der Waals surface area contributed by atoms with Gasteiger partial charge in [0.2, 0.25) is 0 Å². The van der Waals surface area contributed by atoms with Gasteiger partial charge in [0.15, 0.2) is 0 Å². The van der Waals surface area contributed by atoms with Crippen molar-refractivity contribution in [2.45, 2.75) is 19.8 Å². The molecule has 126 valence electrons. The van der Waals surface area contributed by atoms with Gasteiger partial charge in [-0.3, -0.25) is 4.79 Å². The van der Waals surface area contributed by atoms with Crippen molar-refractivity contribution in [3.63, 3.8) is 0 Å². The van der Waals surface area contributed by atoms with E-state index in [0.29, 0.717) is 49.0 Å². The van der Waals surface area contributed by atoms with Gasteiger partial charge in [-0.1, -0.05) is 11.6 Å². The number of ether oxygens (including phenoxy) is 2. The molecule has 1 aromatic carbocycles. The zero-order chi connectivity index (χ0) is 16.8. The Balaban J connectivity index is 1.93. The average molecular weight is 341 g/mol. The number of nitrogens with one attached hydrogen (secondary N) is 1. The molecule has 0 unspecified atom stereocenters. The summed E-state index contributed by atoms with van der Waals surface area (Å²) in [6.07, 6.45) is 1.22. The molecule has 0 atom stereocenters. The molecular formula is C16H21ClN2O4. The summed E-state index contributed by atoms with van der Waals surface area (Å²) >= 11 is 5.95. The van der Waals surface area contributed by atoms with E-state index < -0.39 is 0 Å². The third kappa shape index (κ3) is 4.51. The highest BCUT2D eigenvalue weighted by atomic mass is 35.5. The molecule has 0 radical (unpaired) electrons. The predicted octanol–water partition coefficient (Wildman–Crippen LogP) is 3.16. The first-order chi connectivity index (χ1) is 11.0. The van der Waals surface area contributed by atoms with Gasteiger partial charge >= 0.3 is 12.0 Å². The molecular weight excluding hydrogens is 320 g/mol. The lowest BCUT2D eigenvalue weighted by Gasteiger charge is -2.31.